The van der Waals surface area contributed by atoms with Crippen LogP contribution in [0.5, 0.6) is 0 Å². The number of esters is 1. The maximum atomic E-state index is 12.0. The number of nitrogens with zero attached hydrogens (tertiary/aromatic N) is 6. The molecule has 1 aromatic heterocycles. The van der Waals surface area contributed by atoms with E-state index >= 15 is 0 Å². The van der Waals surface area contributed by atoms with Crippen molar-refractivity contribution in [3.63, 3.8) is 0 Å². The van der Waals surface area contributed by atoms with E-state index in [0.717, 1.165) is 18.7 Å². The number of anilines is 1. The molecule has 1 aliphatic heterocycles. The summed E-state index contributed by atoms with van der Waals surface area (Å²) in [7, 11) is 0. The van der Waals surface area contributed by atoms with Crippen molar-refractivity contribution in [2.75, 3.05) is 31.6 Å². The minimum atomic E-state index is -0.288. The first kappa shape index (κ1) is 22.8. The van der Waals surface area contributed by atoms with Gasteiger partial charge in [0.25, 0.3) is 5.91 Å². The zero-order chi connectivity index (χ0) is 21.8. The summed E-state index contributed by atoms with van der Waals surface area (Å²) in [4.78, 5) is 22.1. The lowest BCUT2D eigenvalue weighted by atomic mass is 10.1. The first-order valence-electron chi connectivity index (χ1n) is 9.40. The highest BCUT2D eigenvalue weighted by molar-refractivity contribution is 6.03. The number of amides is 1. The molecule has 0 spiro atoms. The molecule has 0 atom stereocenters. The summed E-state index contributed by atoms with van der Waals surface area (Å²) in [5.41, 5.74) is 1.42. The van der Waals surface area contributed by atoms with E-state index in [4.69, 9.17) is 4.74 Å². The fourth-order valence-corrected chi connectivity index (χ4v) is 2.31. The molecule has 1 aliphatic rings. The molecule has 0 unspecified atom stereocenters. The average molecular weight is 415 g/mol. The number of nitrogens with one attached hydrogen (secondary N) is 1. The molecule has 2 aromatic rings. The highest BCUT2D eigenvalue weighted by Crippen LogP contribution is 2.06. The van der Waals surface area contributed by atoms with Crippen molar-refractivity contribution in [3.8, 4) is 0 Å². The Balaban J connectivity index is 0.000000396. The topological polar surface area (TPSA) is 132 Å². The van der Waals surface area contributed by atoms with Crippen molar-refractivity contribution in [3.05, 3.63) is 41.6 Å². The molecule has 11 heteroatoms. The van der Waals surface area contributed by atoms with Crippen molar-refractivity contribution >= 4 is 23.9 Å². The lowest BCUT2D eigenvalue weighted by Gasteiger charge is -2.23. The zero-order valence-corrected chi connectivity index (χ0v) is 17.2. The lowest BCUT2D eigenvalue weighted by molar-refractivity contribution is -0.144. The standard InChI is InChI=1S/C14H15N7O2.C5H10O2/c22-14(17-13-10-15-19-20-18-13)12-3-1-11(2-4-12)9-16-21-5-7-23-8-6-21;1-4(2)7-5(3)6/h1-4,9-10H,5-8H2,(H,17,18,19,22);4H,1-3H3. The van der Waals surface area contributed by atoms with Gasteiger partial charge in [0.1, 0.15) is 0 Å². The molecule has 0 radical (unpaired) electrons. The number of rotatable bonds is 5. The highest BCUT2D eigenvalue weighted by Gasteiger charge is 2.08. The Morgan fingerprint density at radius 2 is 1.90 bits per heavy atom. The van der Waals surface area contributed by atoms with E-state index in [-0.39, 0.29) is 23.8 Å². The van der Waals surface area contributed by atoms with Gasteiger partial charge in [0.05, 0.1) is 44.8 Å². The Kier molecular flexibility index (Phi) is 9.25. The summed E-state index contributed by atoms with van der Waals surface area (Å²) >= 11 is 0. The molecule has 1 saturated heterocycles. The molecule has 3 rings (SSSR count). The van der Waals surface area contributed by atoms with Gasteiger partial charge < -0.3 is 14.8 Å². The summed E-state index contributed by atoms with van der Waals surface area (Å²) in [6.07, 6.45) is 3.12. The van der Waals surface area contributed by atoms with Crippen LogP contribution in [-0.4, -0.2) is 76.1 Å². The predicted octanol–water partition coefficient (Wildman–Crippen LogP) is 1.14. The van der Waals surface area contributed by atoms with Gasteiger partial charge in [-0.2, -0.15) is 5.10 Å². The van der Waals surface area contributed by atoms with Crippen LogP contribution < -0.4 is 5.32 Å². The molecule has 30 heavy (non-hydrogen) atoms. The molecule has 2 heterocycles. The van der Waals surface area contributed by atoms with E-state index in [2.05, 4.69) is 35.8 Å². The van der Waals surface area contributed by atoms with Crippen molar-refractivity contribution in [2.24, 2.45) is 5.10 Å². The van der Waals surface area contributed by atoms with Gasteiger partial charge in [-0.25, -0.2) is 0 Å². The van der Waals surface area contributed by atoms with Gasteiger partial charge in [0.15, 0.2) is 5.82 Å². The monoisotopic (exact) mass is 415 g/mol. The van der Waals surface area contributed by atoms with Gasteiger partial charge in [-0.1, -0.05) is 12.1 Å². The number of morpholine rings is 1. The van der Waals surface area contributed by atoms with Gasteiger partial charge in [-0.3, -0.25) is 14.6 Å². The van der Waals surface area contributed by atoms with Gasteiger partial charge in [0, 0.05) is 12.5 Å². The van der Waals surface area contributed by atoms with Crippen LogP contribution in [-0.2, 0) is 14.3 Å². The molecule has 1 N–H and O–H groups in total. The van der Waals surface area contributed by atoms with E-state index in [0.29, 0.717) is 18.8 Å². The lowest BCUT2D eigenvalue weighted by Crippen LogP contribution is -2.32. The number of benzene rings is 1. The number of carbonyl (C=O) groups is 2. The summed E-state index contributed by atoms with van der Waals surface area (Å²) < 4.78 is 9.88. The maximum Gasteiger partial charge on any atom is 0.302 e. The predicted molar refractivity (Wildman–Crippen MR) is 109 cm³/mol. The normalized spacial score (nSPS) is 13.5. The Morgan fingerprint density at radius 1 is 1.20 bits per heavy atom. The van der Waals surface area contributed by atoms with Crippen LogP contribution in [0.15, 0.2) is 35.6 Å². The summed E-state index contributed by atoms with van der Waals surface area (Å²) in [6.45, 7) is 8.02. The smallest absolute Gasteiger partial charge is 0.302 e. The van der Waals surface area contributed by atoms with Crippen LogP contribution in [0.4, 0.5) is 5.82 Å². The Hall–Kier alpha value is -3.47. The largest absolute Gasteiger partial charge is 0.463 e. The second kappa shape index (κ2) is 12.2. The minimum Gasteiger partial charge on any atom is -0.463 e. The molecule has 11 nitrogen and oxygen atoms in total. The first-order valence-corrected chi connectivity index (χ1v) is 9.40. The van der Waals surface area contributed by atoms with Crippen LogP contribution >= 0.6 is 0 Å². The Morgan fingerprint density at radius 3 is 2.43 bits per heavy atom. The van der Waals surface area contributed by atoms with E-state index in [1.807, 2.05) is 31.0 Å². The van der Waals surface area contributed by atoms with Gasteiger partial charge in [0.2, 0.25) is 0 Å². The van der Waals surface area contributed by atoms with Gasteiger partial charge in [-0.05, 0) is 42.0 Å². The summed E-state index contributed by atoms with van der Waals surface area (Å²) in [5.74, 6) is -0.248. The highest BCUT2D eigenvalue weighted by atomic mass is 16.5. The number of hydrogen-bond donors (Lipinski definition) is 1. The third-order valence-corrected chi connectivity index (χ3v) is 3.60. The first-order chi connectivity index (χ1) is 14.4. The SMILES string of the molecule is CC(=O)OC(C)C.O=C(Nc1cnnnn1)c1ccc(C=NN2CCOCC2)cc1. The second-order valence-electron chi connectivity index (χ2n) is 6.45. The van der Waals surface area contributed by atoms with Crippen LogP contribution in [0.2, 0.25) is 0 Å². The maximum absolute atomic E-state index is 12.0. The second-order valence-corrected chi connectivity index (χ2v) is 6.45. The minimum absolute atomic E-state index is 0.0255. The molecule has 0 aliphatic carbocycles. The third kappa shape index (κ3) is 8.69. The molecule has 0 bridgehead atoms. The molecule has 160 valence electrons. The number of carbonyl (C=O) groups excluding carboxylic acids is 2. The zero-order valence-electron chi connectivity index (χ0n) is 17.2. The van der Waals surface area contributed by atoms with E-state index in [1.54, 1.807) is 18.3 Å². The summed E-state index contributed by atoms with van der Waals surface area (Å²) in [5, 5.41) is 22.8. The molecular weight excluding hydrogens is 390 g/mol. The molecular formula is C19H25N7O4. The van der Waals surface area contributed by atoms with Gasteiger partial charge in [-0.15, -0.1) is 10.2 Å². The Bertz CT molecular complexity index is 823. The van der Waals surface area contributed by atoms with Crippen LogP contribution in [0, 0.1) is 0 Å². The molecule has 1 aromatic carbocycles. The van der Waals surface area contributed by atoms with E-state index in [9.17, 15) is 9.59 Å². The summed E-state index contributed by atoms with van der Waals surface area (Å²) in [6, 6.07) is 7.10. The quantitative estimate of drug-likeness (QED) is 0.564. The number of ether oxygens (including phenoxy) is 2. The average Bonchev–Trinajstić information content (AvgIpc) is 2.73. The van der Waals surface area contributed by atoms with Crippen molar-refractivity contribution in [1.82, 2.24) is 25.6 Å². The fourth-order valence-electron chi connectivity index (χ4n) is 2.31. The Labute approximate surface area is 174 Å². The van der Waals surface area contributed by atoms with Crippen LogP contribution in [0.1, 0.15) is 36.7 Å². The van der Waals surface area contributed by atoms with Gasteiger partial charge >= 0.3 is 5.97 Å². The van der Waals surface area contributed by atoms with Crippen LogP contribution in [0.25, 0.3) is 0 Å². The van der Waals surface area contributed by atoms with Crippen molar-refractivity contribution in [1.29, 1.82) is 0 Å². The fraction of sp³-hybridized carbons (Fsp3) is 0.421. The molecule has 1 amide bonds. The van der Waals surface area contributed by atoms with E-state index in [1.165, 1.54) is 13.1 Å². The van der Waals surface area contributed by atoms with E-state index < -0.39 is 0 Å². The number of hydrogen-bond acceptors (Lipinski definition) is 10. The number of hydrazone groups is 1. The molecule has 0 saturated carbocycles. The molecule has 1 fully saturated rings. The van der Waals surface area contributed by atoms with Crippen molar-refractivity contribution in [2.45, 2.75) is 26.9 Å². The third-order valence-electron chi connectivity index (χ3n) is 3.60. The van der Waals surface area contributed by atoms with Crippen LogP contribution in [0.3, 0.4) is 0 Å². The van der Waals surface area contributed by atoms with Crippen molar-refractivity contribution < 1.29 is 19.1 Å². The number of aromatic nitrogens is 4.